The van der Waals surface area contributed by atoms with Crippen LogP contribution in [-0.4, -0.2) is 6.54 Å². The summed E-state index contributed by atoms with van der Waals surface area (Å²) in [6.45, 7) is 5.12. The average molecular weight is 167 g/mol. The Labute approximate surface area is 73.8 Å². The van der Waals surface area contributed by atoms with E-state index in [4.69, 9.17) is 10.2 Å². The van der Waals surface area contributed by atoms with Crippen molar-refractivity contribution in [2.75, 3.05) is 6.54 Å². The Bertz CT molecular complexity index is 214. The summed E-state index contributed by atoms with van der Waals surface area (Å²) in [7, 11) is 0. The van der Waals surface area contributed by atoms with Crippen LogP contribution in [0.5, 0.6) is 0 Å². The van der Waals surface area contributed by atoms with Crippen LogP contribution in [0.25, 0.3) is 0 Å². The molecule has 0 fully saturated rings. The van der Waals surface area contributed by atoms with Crippen molar-refractivity contribution in [2.24, 2.45) is 5.73 Å². The molecule has 1 aromatic heterocycles. The third-order valence-corrected chi connectivity index (χ3v) is 2.19. The highest BCUT2D eigenvalue weighted by atomic mass is 16.3. The SMILES string of the molecule is CC(C)(CCCN)c1ccco1. The molecule has 0 radical (unpaired) electrons. The number of hydrogen-bond donors (Lipinski definition) is 1. The first kappa shape index (κ1) is 9.33. The summed E-state index contributed by atoms with van der Waals surface area (Å²) in [4.78, 5) is 0. The Hall–Kier alpha value is -0.760. The lowest BCUT2D eigenvalue weighted by Gasteiger charge is -2.21. The summed E-state index contributed by atoms with van der Waals surface area (Å²) in [6.07, 6.45) is 3.85. The van der Waals surface area contributed by atoms with Gasteiger partial charge in [-0.05, 0) is 31.5 Å². The number of nitrogens with two attached hydrogens (primary N) is 1. The molecule has 0 bridgehead atoms. The van der Waals surface area contributed by atoms with Gasteiger partial charge in [-0.1, -0.05) is 13.8 Å². The lowest BCUT2D eigenvalue weighted by atomic mass is 9.85. The van der Waals surface area contributed by atoms with E-state index in [0.29, 0.717) is 0 Å². The fourth-order valence-corrected chi connectivity index (χ4v) is 1.33. The van der Waals surface area contributed by atoms with E-state index in [-0.39, 0.29) is 5.41 Å². The van der Waals surface area contributed by atoms with E-state index in [1.165, 1.54) is 0 Å². The lowest BCUT2D eigenvalue weighted by molar-refractivity contribution is 0.359. The first-order valence-corrected chi connectivity index (χ1v) is 4.41. The van der Waals surface area contributed by atoms with E-state index < -0.39 is 0 Å². The van der Waals surface area contributed by atoms with Crippen LogP contribution in [0.15, 0.2) is 22.8 Å². The number of furan rings is 1. The zero-order chi connectivity index (χ0) is 9.03. The fourth-order valence-electron chi connectivity index (χ4n) is 1.33. The minimum Gasteiger partial charge on any atom is -0.469 e. The number of rotatable bonds is 4. The van der Waals surface area contributed by atoms with Crippen LogP contribution in [0.3, 0.4) is 0 Å². The van der Waals surface area contributed by atoms with Gasteiger partial charge in [0.1, 0.15) is 5.76 Å². The monoisotopic (exact) mass is 167 g/mol. The first-order chi connectivity index (χ1) is 5.67. The van der Waals surface area contributed by atoms with Gasteiger partial charge in [-0.3, -0.25) is 0 Å². The van der Waals surface area contributed by atoms with Gasteiger partial charge in [0, 0.05) is 5.41 Å². The summed E-state index contributed by atoms with van der Waals surface area (Å²) in [6, 6.07) is 3.95. The molecule has 1 aromatic rings. The van der Waals surface area contributed by atoms with Crippen LogP contribution in [-0.2, 0) is 5.41 Å². The van der Waals surface area contributed by atoms with E-state index in [0.717, 1.165) is 25.1 Å². The highest BCUT2D eigenvalue weighted by Crippen LogP contribution is 2.28. The lowest BCUT2D eigenvalue weighted by Crippen LogP contribution is -2.17. The quantitative estimate of drug-likeness (QED) is 0.747. The molecule has 0 spiro atoms. The standard InChI is InChI=1S/C10H17NO/c1-10(2,6-4-7-11)9-5-3-8-12-9/h3,5,8H,4,6-7,11H2,1-2H3. The molecule has 0 atom stereocenters. The molecule has 1 heterocycles. The third-order valence-electron chi connectivity index (χ3n) is 2.19. The van der Waals surface area contributed by atoms with E-state index in [2.05, 4.69) is 13.8 Å². The zero-order valence-corrected chi connectivity index (χ0v) is 7.84. The molecule has 0 aliphatic rings. The Morgan fingerprint density at radius 2 is 2.25 bits per heavy atom. The molecule has 12 heavy (non-hydrogen) atoms. The Kier molecular flexibility index (Phi) is 2.93. The molecule has 0 saturated carbocycles. The van der Waals surface area contributed by atoms with Gasteiger partial charge in [0.05, 0.1) is 6.26 Å². The Morgan fingerprint density at radius 1 is 1.50 bits per heavy atom. The van der Waals surface area contributed by atoms with Crippen molar-refractivity contribution in [2.45, 2.75) is 32.1 Å². The van der Waals surface area contributed by atoms with Crippen LogP contribution in [0.2, 0.25) is 0 Å². The van der Waals surface area contributed by atoms with Gasteiger partial charge in [-0.15, -0.1) is 0 Å². The molecule has 68 valence electrons. The van der Waals surface area contributed by atoms with Gasteiger partial charge in [-0.25, -0.2) is 0 Å². The molecule has 0 saturated heterocycles. The van der Waals surface area contributed by atoms with Crippen molar-refractivity contribution in [1.82, 2.24) is 0 Å². The molecule has 0 unspecified atom stereocenters. The summed E-state index contributed by atoms with van der Waals surface area (Å²) in [5.41, 5.74) is 5.59. The summed E-state index contributed by atoms with van der Waals surface area (Å²) < 4.78 is 5.35. The van der Waals surface area contributed by atoms with Crippen molar-refractivity contribution < 1.29 is 4.42 Å². The van der Waals surface area contributed by atoms with Crippen molar-refractivity contribution in [1.29, 1.82) is 0 Å². The largest absolute Gasteiger partial charge is 0.469 e. The van der Waals surface area contributed by atoms with Gasteiger partial charge in [0.2, 0.25) is 0 Å². The summed E-state index contributed by atoms with van der Waals surface area (Å²) in [5.74, 6) is 1.05. The molecular formula is C10H17NO. The molecular weight excluding hydrogens is 150 g/mol. The number of hydrogen-bond acceptors (Lipinski definition) is 2. The molecule has 0 aromatic carbocycles. The molecule has 2 N–H and O–H groups in total. The second-order valence-electron chi connectivity index (χ2n) is 3.75. The van der Waals surface area contributed by atoms with Gasteiger partial charge in [-0.2, -0.15) is 0 Å². The second-order valence-corrected chi connectivity index (χ2v) is 3.75. The van der Waals surface area contributed by atoms with Gasteiger partial charge in [0.15, 0.2) is 0 Å². The molecule has 0 aliphatic carbocycles. The van der Waals surface area contributed by atoms with Crippen LogP contribution >= 0.6 is 0 Å². The second kappa shape index (κ2) is 3.76. The minimum absolute atomic E-state index is 0.128. The highest BCUT2D eigenvalue weighted by Gasteiger charge is 2.22. The van der Waals surface area contributed by atoms with Crippen molar-refractivity contribution >= 4 is 0 Å². The smallest absolute Gasteiger partial charge is 0.109 e. The fraction of sp³-hybridized carbons (Fsp3) is 0.600. The van der Waals surface area contributed by atoms with Crippen LogP contribution in [0.4, 0.5) is 0 Å². The van der Waals surface area contributed by atoms with Crippen LogP contribution < -0.4 is 5.73 Å². The maximum atomic E-state index is 5.46. The average Bonchev–Trinajstić information content (AvgIpc) is 2.53. The predicted octanol–water partition coefficient (Wildman–Crippen LogP) is 2.30. The Balaban J connectivity index is 2.59. The van der Waals surface area contributed by atoms with Crippen molar-refractivity contribution in [3.05, 3.63) is 24.2 Å². The maximum Gasteiger partial charge on any atom is 0.109 e. The molecule has 2 nitrogen and oxygen atoms in total. The third kappa shape index (κ3) is 2.11. The molecule has 0 amide bonds. The first-order valence-electron chi connectivity index (χ1n) is 4.41. The van der Waals surface area contributed by atoms with Crippen molar-refractivity contribution in [3.63, 3.8) is 0 Å². The summed E-state index contributed by atoms with van der Waals surface area (Å²) >= 11 is 0. The van der Waals surface area contributed by atoms with E-state index in [1.54, 1.807) is 6.26 Å². The molecule has 2 heteroatoms. The molecule has 1 rings (SSSR count). The predicted molar refractivity (Wildman–Crippen MR) is 50.0 cm³/mol. The van der Waals surface area contributed by atoms with E-state index in [1.807, 2.05) is 12.1 Å². The van der Waals surface area contributed by atoms with E-state index >= 15 is 0 Å². The summed E-state index contributed by atoms with van der Waals surface area (Å²) in [5, 5.41) is 0. The molecule has 0 aliphatic heterocycles. The highest BCUT2D eigenvalue weighted by molar-refractivity contribution is 5.10. The van der Waals surface area contributed by atoms with E-state index in [9.17, 15) is 0 Å². The van der Waals surface area contributed by atoms with Crippen LogP contribution in [0.1, 0.15) is 32.4 Å². The topological polar surface area (TPSA) is 39.2 Å². The van der Waals surface area contributed by atoms with Gasteiger partial charge >= 0.3 is 0 Å². The van der Waals surface area contributed by atoms with Gasteiger partial charge in [0.25, 0.3) is 0 Å². The minimum atomic E-state index is 0.128. The maximum absolute atomic E-state index is 5.46. The normalized spacial score (nSPS) is 11.9. The Morgan fingerprint density at radius 3 is 2.75 bits per heavy atom. The van der Waals surface area contributed by atoms with Crippen molar-refractivity contribution in [3.8, 4) is 0 Å². The van der Waals surface area contributed by atoms with Crippen LogP contribution in [0, 0.1) is 0 Å². The van der Waals surface area contributed by atoms with Gasteiger partial charge < -0.3 is 10.2 Å². The zero-order valence-electron chi connectivity index (χ0n) is 7.84.